The van der Waals surface area contributed by atoms with Crippen molar-refractivity contribution >= 4 is 46.4 Å². The highest BCUT2D eigenvalue weighted by Crippen LogP contribution is 2.45. The smallest absolute Gasteiger partial charge is 0.127 e. The Morgan fingerprint density at radius 1 is 0.190 bits per heavy atom. The van der Waals surface area contributed by atoms with Gasteiger partial charge in [0, 0.05) is 66.6 Å². The standard InChI is InChI=1S/C108H158N4O4/c1-5-9-13-17-21-25-29-33-37-41-45-49-53-65-85-113-101-73-61-57-69-89(101)105-93-77-79-95(109-93)106(90-70-58-62-74-102(90)114-86-66-54-50-46-42-38-34-30-26-22-18-14-10-6-2)97-81-83-99(111-97)108(92-72-60-64-76-104(92)116-88-68-56-52-48-44-40-36-32-28-24-20-16-12-8-4)100-84-82-98(112-100)107(96-80-78-94(105)110-96)91-71-59-63-75-103(91)115-87-67-55-51-47-43-39-35-31-27-23-19-15-11-7-3/h57-64,69-84,109,112H,5-56,65-68,85-88H2,1-4H3. The van der Waals surface area contributed by atoms with E-state index in [-0.39, 0.29) is 0 Å². The fourth-order valence-corrected chi connectivity index (χ4v) is 17.5. The monoisotopic (exact) mass is 1580 g/mol. The minimum atomic E-state index is 0.648. The van der Waals surface area contributed by atoms with Crippen molar-refractivity contribution in [3.05, 3.63) is 144 Å². The maximum Gasteiger partial charge on any atom is 0.127 e. The molecule has 634 valence electrons. The Balaban J connectivity index is 1.05. The molecule has 0 atom stereocenters. The number of benzene rings is 4. The van der Waals surface area contributed by atoms with Crippen molar-refractivity contribution in [2.24, 2.45) is 0 Å². The van der Waals surface area contributed by atoms with Crippen molar-refractivity contribution in [2.45, 2.75) is 387 Å². The van der Waals surface area contributed by atoms with E-state index in [0.717, 1.165) is 164 Å². The van der Waals surface area contributed by atoms with E-state index in [1.165, 1.54) is 308 Å². The van der Waals surface area contributed by atoms with Crippen LogP contribution in [0.4, 0.5) is 0 Å². The van der Waals surface area contributed by atoms with Crippen LogP contribution >= 0.6 is 0 Å². The van der Waals surface area contributed by atoms with Crippen LogP contribution in [0, 0.1) is 0 Å². The van der Waals surface area contributed by atoms with Crippen LogP contribution in [0.15, 0.2) is 121 Å². The number of hydrogen-bond acceptors (Lipinski definition) is 6. The summed E-state index contributed by atoms with van der Waals surface area (Å²) in [5, 5.41) is 0. The van der Waals surface area contributed by atoms with Gasteiger partial charge < -0.3 is 28.9 Å². The molecule has 0 unspecified atom stereocenters. The van der Waals surface area contributed by atoms with Crippen molar-refractivity contribution in [3.63, 3.8) is 0 Å². The summed E-state index contributed by atoms with van der Waals surface area (Å²) in [6.07, 6.45) is 82.8. The summed E-state index contributed by atoms with van der Waals surface area (Å²) in [5.41, 5.74) is 15.0. The molecule has 2 aliphatic rings. The van der Waals surface area contributed by atoms with Gasteiger partial charge in [0.05, 0.1) is 49.2 Å². The first-order chi connectivity index (χ1) is 57.6. The van der Waals surface area contributed by atoms with Crippen molar-refractivity contribution in [1.29, 1.82) is 0 Å². The predicted molar refractivity (Wildman–Crippen MR) is 504 cm³/mol. The SMILES string of the molecule is CCCCCCCCCCCCCCCCOc1ccccc1-c1c2nc(c(-c3ccccc3OCCCCCCCCCCCCCCCC)c3ccc([nH]3)c(-c3ccccc3OCCCCCCCCCCCCCCCC)c3nc(c(-c4ccccc4OCCCCCCCCCCCCCCCC)c4ccc1[nH]4)C=C3)C=C2. The number of para-hydroxylation sites is 4. The van der Waals surface area contributed by atoms with Gasteiger partial charge in [-0.1, -0.05) is 434 Å². The third-order valence-corrected chi connectivity index (χ3v) is 24.4. The number of hydrogen-bond donors (Lipinski definition) is 2. The van der Waals surface area contributed by atoms with Crippen molar-refractivity contribution in [3.8, 4) is 67.5 Å². The Labute approximate surface area is 706 Å². The van der Waals surface area contributed by atoms with E-state index in [2.05, 4.69) is 183 Å². The van der Waals surface area contributed by atoms with E-state index in [1.54, 1.807) is 0 Å². The highest BCUT2D eigenvalue weighted by molar-refractivity contribution is 6.01. The first-order valence-corrected chi connectivity index (χ1v) is 48.6. The number of nitrogens with zero attached hydrogens (tertiary/aromatic N) is 2. The predicted octanol–water partition coefficient (Wildman–Crippen LogP) is 34.8. The van der Waals surface area contributed by atoms with Gasteiger partial charge in [-0.15, -0.1) is 0 Å². The van der Waals surface area contributed by atoms with Crippen LogP contribution in [0.25, 0.3) is 90.9 Å². The molecule has 8 nitrogen and oxygen atoms in total. The third kappa shape index (κ3) is 33.5. The molecule has 2 N–H and O–H groups in total. The number of H-pyrrole nitrogens is 2. The lowest BCUT2D eigenvalue weighted by atomic mass is 10.0. The minimum Gasteiger partial charge on any atom is -0.493 e. The zero-order valence-electron chi connectivity index (χ0n) is 73.8. The Kier molecular flexibility index (Phi) is 46.7. The van der Waals surface area contributed by atoms with Crippen LogP contribution in [-0.2, 0) is 0 Å². The topological polar surface area (TPSA) is 94.3 Å². The summed E-state index contributed by atoms with van der Waals surface area (Å²) < 4.78 is 27.9. The molecule has 116 heavy (non-hydrogen) atoms. The van der Waals surface area contributed by atoms with Gasteiger partial charge >= 0.3 is 0 Å². The van der Waals surface area contributed by atoms with Gasteiger partial charge in [0.1, 0.15) is 23.0 Å². The largest absolute Gasteiger partial charge is 0.493 e. The summed E-state index contributed by atoms with van der Waals surface area (Å²) in [4.78, 5) is 19.9. The molecule has 0 aliphatic carbocycles. The quantitative estimate of drug-likeness (QED) is 0.0369. The van der Waals surface area contributed by atoms with E-state index in [4.69, 9.17) is 28.9 Å². The van der Waals surface area contributed by atoms with E-state index >= 15 is 0 Å². The van der Waals surface area contributed by atoms with Crippen LogP contribution in [-0.4, -0.2) is 46.4 Å². The number of ether oxygens (including phenoxy) is 4. The van der Waals surface area contributed by atoms with Crippen LogP contribution in [0.3, 0.4) is 0 Å². The first kappa shape index (κ1) is 92.6. The van der Waals surface area contributed by atoms with Crippen LogP contribution in [0.1, 0.15) is 410 Å². The molecule has 7 aromatic rings. The molecule has 8 heteroatoms. The van der Waals surface area contributed by atoms with E-state index in [9.17, 15) is 0 Å². The second-order valence-corrected chi connectivity index (χ2v) is 34.3. The third-order valence-electron chi connectivity index (χ3n) is 24.4. The molecule has 0 saturated carbocycles. The van der Waals surface area contributed by atoms with Gasteiger partial charge in [0.25, 0.3) is 0 Å². The second kappa shape index (κ2) is 58.5. The van der Waals surface area contributed by atoms with Gasteiger partial charge in [-0.3, -0.25) is 0 Å². The molecule has 5 heterocycles. The Morgan fingerprint density at radius 2 is 0.345 bits per heavy atom. The molecule has 0 radical (unpaired) electrons. The zero-order chi connectivity index (χ0) is 80.6. The molecular weight excluding hydrogens is 1420 g/mol. The average molecular weight is 1580 g/mol. The van der Waals surface area contributed by atoms with Gasteiger partial charge in [0.2, 0.25) is 0 Å². The molecule has 3 aromatic heterocycles. The fraction of sp³-hybridized carbons (Fsp3) is 0.593. The van der Waals surface area contributed by atoms with E-state index in [1.807, 2.05) is 0 Å². The zero-order valence-corrected chi connectivity index (χ0v) is 73.8. The Bertz CT molecular complexity index is 3500. The minimum absolute atomic E-state index is 0.648. The number of aromatic nitrogens is 4. The number of aromatic amines is 2. The molecule has 0 saturated heterocycles. The maximum atomic E-state index is 6.98. The molecule has 8 bridgehead atoms. The first-order valence-electron chi connectivity index (χ1n) is 48.6. The van der Waals surface area contributed by atoms with Crippen molar-refractivity contribution in [2.75, 3.05) is 26.4 Å². The lowest BCUT2D eigenvalue weighted by molar-refractivity contribution is 0.305. The van der Waals surface area contributed by atoms with Crippen molar-refractivity contribution in [1.82, 2.24) is 19.9 Å². The number of unbranched alkanes of at least 4 members (excludes halogenated alkanes) is 52. The summed E-state index contributed by atoms with van der Waals surface area (Å²) in [6, 6.07) is 43.5. The molecule has 4 aromatic carbocycles. The molecule has 0 spiro atoms. The number of fused-ring (bicyclic) bond motifs is 8. The summed E-state index contributed by atoms with van der Waals surface area (Å²) >= 11 is 0. The summed E-state index contributed by atoms with van der Waals surface area (Å²) in [7, 11) is 0. The highest BCUT2D eigenvalue weighted by Gasteiger charge is 2.24. The van der Waals surface area contributed by atoms with Gasteiger partial charge in [0.15, 0.2) is 0 Å². The van der Waals surface area contributed by atoms with E-state index < -0.39 is 0 Å². The van der Waals surface area contributed by atoms with Gasteiger partial charge in [-0.05, 0) is 98.5 Å². The average Bonchev–Trinajstić information content (AvgIpc) is 1.60. The maximum absolute atomic E-state index is 6.98. The number of nitrogens with one attached hydrogen (secondary N) is 2. The number of rotatable bonds is 68. The Morgan fingerprint density at radius 3 is 0.517 bits per heavy atom. The summed E-state index contributed by atoms with van der Waals surface area (Å²) in [5.74, 6) is 3.42. The highest BCUT2D eigenvalue weighted by atomic mass is 16.5. The molecule has 2 aliphatic heterocycles. The van der Waals surface area contributed by atoms with E-state index in [0.29, 0.717) is 26.4 Å². The Hall–Kier alpha value is -7.32. The molecular formula is C108H158N4O4. The van der Waals surface area contributed by atoms with Gasteiger partial charge in [-0.2, -0.15) is 0 Å². The lowest BCUT2D eigenvalue weighted by Gasteiger charge is -2.14. The van der Waals surface area contributed by atoms with Crippen molar-refractivity contribution < 1.29 is 18.9 Å². The van der Waals surface area contributed by atoms with Gasteiger partial charge in [-0.25, -0.2) is 9.97 Å². The van der Waals surface area contributed by atoms with Crippen LogP contribution < -0.4 is 18.9 Å². The summed E-state index contributed by atoms with van der Waals surface area (Å²) in [6.45, 7) is 11.8. The van der Waals surface area contributed by atoms with Crippen LogP contribution in [0.5, 0.6) is 23.0 Å². The van der Waals surface area contributed by atoms with Crippen LogP contribution in [0.2, 0.25) is 0 Å². The lowest BCUT2D eigenvalue weighted by Crippen LogP contribution is -2.00. The molecule has 0 amide bonds. The molecule has 0 fully saturated rings. The normalized spacial score (nSPS) is 11.9. The molecule has 9 rings (SSSR count). The fourth-order valence-electron chi connectivity index (χ4n) is 17.5. The second-order valence-electron chi connectivity index (χ2n) is 34.3.